The molecule has 0 radical (unpaired) electrons. The van der Waals surface area contributed by atoms with Crippen LogP contribution in [0.1, 0.15) is 108 Å². The van der Waals surface area contributed by atoms with Gasteiger partial charge in [0.1, 0.15) is 41.0 Å². The molecule has 0 aliphatic carbocycles. The van der Waals surface area contributed by atoms with Gasteiger partial charge in [-0.15, -0.1) is 0 Å². The number of aliphatic imine (C=N–C) groups is 1. The number of ether oxygens (including phenoxy) is 5. The van der Waals surface area contributed by atoms with Crippen LogP contribution in [-0.4, -0.2) is 80.8 Å². The van der Waals surface area contributed by atoms with Crippen LogP contribution in [-0.2, 0) is 41.7 Å². The Kier molecular flexibility index (Phi) is 16.1. The highest BCUT2D eigenvalue weighted by atomic mass is 16.6. The highest BCUT2D eigenvalue weighted by Crippen LogP contribution is 2.22. The van der Waals surface area contributed by atoms with Gasteiger partial charge in [0.25, 0.3) is 0 Å². The number of nitrogens with zero attached hydrogens (tertiary/aromatic N) is 2. The van der Waals surface area contributed by atoms with Gasteiger partial charge in [0.15, 0.2) is 0 Å². The summed E-state index contributed by atoms with van der Waals surface area (Å²) in [6, 6.07) is 16.2. The minimum Gasteiger partial charge on any atom is -0.478 e. The first kappa shape index (κ1) is 47.6. The average Bonchev–Trinajstić information content (AvgIpc) is 3.10. The summed E-state index contributed by atoms with van der Waals surface area (Å²) in [5.74, 6) is -3.26. The van der Waals surface area contributed by atoms with Gasteiger partial charge in [-0.3, -0.25) is 20.3 Å². The van der Waals surface area contributed by atoms with E-state index in [-0.39, 0.29) is 48.1 Å². The lowest BCUT2D eigenvalue weighted by atomic mass is 10.1. The molecule has 0 saturated carbocycles. The molecule has 0 bridgehead atoms. The summed E-state index contributed by atoms with van der Waals surface area (Å²) in [5, 5.41) is 14.2. The number of hydrogen-bond acceptors (Lipinski definition) is 13. The molecule has 3 aromatic carbocycles. The van der Waals surface area contributed by atoms with E-state index in [1.807, 2.05) is 0 Å². The second kappa shape index (κ2) is 20.3. The lowest BCUT2D eigenvalue weighted by Gasteiger charge is -2.31. The van der Waals surface area contributed by atoms with Crippen LogP contribution in [0.2, 0.25) is 0 Å². The van der Waals surface area contributed by atoms with Crippen LogP contribution in [0.25, 0.3) is 0 Å². The third-order valence-electron chi connectivity index (χ3n) is 7.38. The van der Waals surface area contributed by atoms with Crippen molar-refractivity contribution in [3.8, 4) is 5.75 Å². The molecule has 1 atom stereocenters. The van der Waals surface area contributed by atoms with E-state index in [1.54, 1.807) is 80.5 Å². The number of esters is 2. The Morgan fingerprint density at radius 1 is 0.700 bits per heavy atom. The highest BCUT2D eigenvalue weighted by molar-refractivity contribution is 6.02. The van der Waals surface area contributed by atoms with Crippen LogP contribution in [0.3, 0.4) is 0 Å². The molecule has 3 rings (SSSR count). The van der Waals surface area contributed by atoms with Gasteiger partial charge in [-0.2, -0.15) is 0 Å². The van der Waals surface area contributed by atoms with Gasteiger partial charge in [-0.25, -0.2) is 33.8 Å². The van der Waals surface area contributed by atoms with E-state index >= 15 is 0 Å². The number of rotatable bonds is 12. The van der Waals surface area contributed by atoms with E-state index < -0.39 is 64.8 Å². The smallest absolute Gasteiger partial charge is 0.414 e. The number of carboxylic acids is 1. The van der Waals surface area contributed by atoms with E-state index in [9.17, 15) is 38.7 Å². The van der Waals surface area contributed by atoms with Crippen molar-refractivity contribution in [1.82, 2.24) is 15.5 Å². The Labute approximate surface area is 348 Å². The molecule has 0 aromatic heterocycles. The topological polar surface area (TPSA) is 226 Å². The number of carboxylic acid groups (broad SMARTS) is 1. The maximum absolute atomic E-state index is 13.6. The zero-order valence-corrected chi connectivity index (χ0v) is 35.4. The van der Waals surface area contributed by atoms with Gasteiger partial charge in [0.05, 0.1) is 16.8 Å². The molecule has 60 heavy (non-hydrogen) atoms. The molecule has 0 fully saturated rings. The van der Waals surface area contributed by atoms with Crippen LogP contribution < -0.4 is 15.4 Å². The van der Waals surface area contributed by atoms with Crippen molar-refractivity contribution < 1.29 is 62.4 Å². The van der Waals surface area contributed by atoms with Crippen LogP contribution in [0.5, 0.6) is 5.75 Å². The maximum atomic E-state index is 13.6. The second-order valence-electron chi connectivity index (χ2n) is 16.4. The summed E-state index contributed by atoms with van der Waals surface area (Å²) in [6.07, 6.45) is -3.10. The number of carbonyl (C=O) groups excluding carboxylic acids is 6. The molecular formula is C43H52N4O13. The van der Waals surface area contributed by atoms with E-state index in [4.69, 9.17) is 23.7 Å². The molecule has 0 unspecified atom stereocenters. The summed E-state index contributed by atoms with van der Waals surface area (Å²) in [6.45, 7) is 15.7. The Morgan fingerprint density at radius 3 is 1.75 bits per heavy atom. The molecule has 0 aliphatic rings. The number of Topliss-reactive ketones (excluding diaryl/α,β-unsaturated/α-hetero) is 1. The summed E-state index contributed by atoms with van der Waals surface area (Å²) in [5.41, 5.74) is -1.39. The second-order valence-corrected chi connectivity index (χ2v) is 16.4. The number of carbonyl (C=O) groups is 7. The lowest BCUT2D eigenvalue weighted by molar-refractivity contribution is -0.162. The highest BCUT2D eigenvalue weighted by Gasteiger charge is 2.36. The van der Waals surface area contributed by atoms with Crippen molar-refractivity contribution in [2.75, 3.05) is 0 Å². The normalized spacial score (nSPS) is 11.8. The first-order valence-corrected chi connectivity index (χ1v) is 18.7. The fourth-order valence-corrected chi connectivity index (χ4v) is 5.00. The van der Waals surface area contributed by atoms with Gasteiger partial charge in [0, 0.05) is 13.0 Å². The summed E-state index contributed by atoms with van der Waals surface area (Å²) < 4.78 is 27.1. The molecule has 0 spiro atoms. The predicted molar refractivity (Wildman–Crippen MR) is 218 cm³/mol. The Morgan fingerprint density at radius 2 is 1.25 bits per heavy atom. The van der Waals surface area contributed by atoms with E-state index in [0.29, 0.717) is 11.1 Å². The standard InChI is InChI=1S/C43H52N4O13/c1-26(48)22-33(36(52)58-41(2,3)4)47(24-28-12-11-13-30(23-28)34(49)50)40(55)56-25-27-14-20-32(21-15-27)57-35(51)29-16-18-31(19-17-29)44-37(45-38(53)59-42(5,6)7)46-39(54)60-43(8,9)10/h11-21,23,33H,22,24-25H2,1-10H3,(H,49,50)(H2,44,45,46,53,54)/t33-/m0/s1. The van der Waals surface area contributed by atoms with Crippen molar-refractivity contribution in [3.05, 3.63) is 95.1 Å². The molecule has 17 nitrogen and oxygen atoms in total. The van der Waals surface area contributed by atoms with Crippen LogP contribution >= 0.6 is 0 Å². The van der Waals surface area contributed by atoms with Crippen molar-refractivity contribution in [3.63, 3.8) is 0 Å². The van der Waals surface area contributed by atoms with Crippen molar-refractivity contribution in [1.29, 1.82) is 0 Å². The molecule has 3 N–H and O–H groups in total. The summed E-state index contributed by atoms with van der Waals surface area (Å²) >= 11 is 0. The predicted octanol–water partition coefficient (Wildman–Crippen LogP) is 7.47. The lowest BCUT2D eigenvalue weighted by Crippen LogP contribution is -2.48. The van der Waals surface area contributed by atoms with E-state index in [2.05, 4.69) is 15.6 Å². The summed E-state index contributed by atoms with van der Waals surface area (Å²) in [7, 11) is 0. The number of benzene rings is 3. The zero-order chi connectivity index (χ0) is 45.0. The van der Waals surface area contributed by atoms with Gasteiger partial charge >= 0.3 is 36.2 Å². The van der Waals surface area contributed by atoms with Gasteiger partial charge in [-0.05, 0) is 129 Å². The molecule has 17 heteroatoms. The third kappa shape index (κ3) is 17.0. The number of amides is 3. The molecule has 322 valence electrons. The summed E-state index contributed by atoms with van der Waals surface area (Å²) in [4.78, 5) is 93.9. The SMILES string of the molecule is CC(=O)C[C@@H](C(=O)OC(C)(C)C)N(Cc1cccc(C(=O)O)c1)C(=O)OCc1ccc(OC(=O)c2ccc(N=C(NC(=O)OC(C)(C)C)NC(=O)OC(C)(C)C)cc2)cc1. The van der Waals surface area contributed by atoms with Gasteiger partial charge < -0.3 is 28.8 Å². The average molecular weight is 833 g/mol. The number of ketones is 1. The molecule has 3 aromatic rings. The molecule has 0 aliphatic heterocycles. The van der Waals surface area contributed by atoms with Gasteiger partial charge in [0.2, 0.25) is 5.96 Å². The molecule has 0 heterocycles. The Hall–Kier alpha value is -6.78. The maximum Gasteiger partial charge on any atom is 0.414 e. The monoisotopic (exact) mass is 832 g/mol. The van der Waals surface area contributed by atoms with Crippen LogP contribution in [0, 0.1) is 0 Å². The van der Waals surface area contributed by atoms with Gasteiger partial charge in [-0.1, -0.05) is 24.3 Å². The van der Waals surface area contributed by atoms with Crippen molar-refractivity contribution in [2.24, 2.45) is 4.99 Å². The Balaban J connectivity index is 1.74. The minimum atomic E-state index is -1.38. The number of nitrogens with one attached hydrogen (secondary N) is 2. The van der Waals surface area contributed by atoms with E-state index in [0.717, 1.165) is 4.90 Å². The number of aromatic carboxylic acids is 1. The quantitative estimate of drug-likeness (QED) is 0.0530. The molecular weight excluding hydrogens is 780 g/mol. The number of alkyl carbamates (subject to hydrolysis) is 2. The van der Waals surface area contributed by atoms with E-state index in [1.165, 1.54) is 61.5 Å². The zero-order valence-electron chi connectivity index (χ0n) is 35.4. The fraction of sp³-hybridized carbons (Fsp3) is 0.395. The first-order chi connectivity index (χ1) is 27.8. The largest absolute Gasteiger partial charge is 0.478 e. The van der Waals surface area contributed by atoms with Crippen LogP contribution in [0.4, 0.5) is 20.1 Å². The Bertz CT molecular complexity index is 2040. The third-order valence-corrected chi connectivity index (χ3v) is 7.38. The number of hydrogen-bond donors (Lipinski definition) is 3. The minimum absolute atomic E-state index is 0.0406. The molecule has 3 amide bonds. The van der Waals surface area contributed by atoms with Crippen molar-refractivity contribution >= 4 is 53.6 Å². The van der Waals surface area contributed by atoms with Crippen molar-refractivity contribution in [2.45, 2.75) is 112 Å². The fourth-order valence-electron chi connectivity index (χ4n) is 5.00. The van der Waals surface area contributed by atoms with Crippen LogP contribution in [0.15, 0.2) is 77.8 Å². The molecule has 0 saturated heterocycles. The first-order valence-electron chi connectivity index (χ1n) is 18.7. The number of guanidine groups is 1.